The summed E-state index contributed by atoms with van der Waals surface area (Å²) >= 11 is 0. The van der Waals surface area contributed by atoms with Crippen LogP contribution >= 0.6 is 0 Å². The minimum absolute atomic E-state index is 0.113. The van der Waals surface area contributed by atoms with Gasteiger partial charge in [0.15, 0.2) is 0 Å². The first-order valence-corrected chi connectivity index (χ1v) is 9.66. The number of carboxylic acids is 3. The van der Waals surface area contributed by atoms with Gasteiger partial charge in [0.1, 0.15) is 0 Å². The number of rotatable bonds is 6. The maximum Gasteiger partial charge on any atom is 0.317 e. The normalized spacial score (nSPS) is 19.2. The van der Waals surface area contributed by atoms with Gasteiger partial charge in [0.2, 0.25) is 11.8 Å². The van der Waals surface area contributed by atoms with Gasteiger partial charge in [0, 0.05) is 39.3 Å². The molecule has 174 valence electrons. The van der Waals surface area contributed by atoms with Gasteiger partial charge in [0.25, 0.3) is 0 Å². The third-order valence-electron chi connectivity index (χ3n) is 4.28. The summed E-state index contributed by atoms with van der Waals surface area (Å²) in [6.07, 6.45) is 3.25. The summed E-state index contributed by atoms with van der Waals surface area (Å²) in [4.78, 5) is 61.8. The molecule has 0 aromatic rings. The van der Waals surface area contributed by atoms with E-state index in [0.29, 0.717) is 0 Å². The minimum atomic E-state index is -1.12. The molecular formula is C18H29N5O8. The predicted octanol–water partition coefficient (Wildman–Crippen LogP) is -3.05. The van der Waals surface area contributed by atoms with Crippen LogP contribution in [0.1, 0.15) is 0 Å². The predicted molar refractivity (Wildman–Crippen MR) is 107 cm³/mol. The van der Waals surface area contributed by atoms with Crippen molar-refractivity contribution in [3.05, 3.63) is 12.2 Å². The third-order valence-corrected chi connectivity index (χ3v) is 4.28. The van der Waals surface area contributed by atoms with Gasteiger partial charge in [-0.05, 0) is 0 Å². The number of hydrogen-bond donors (Lipinski definition) is 5. The molecule has 1 rings (SSSR count). The van der Waals surface area contributed by atoms with E-state index in [2.05, 4.69) is 10.6 Å². The zero-order valence-electron chi connectivity index (χ0n) is 17.2. The molecule has 0 saturated carbocycles. The quantitative estimate of drug-likeness (QED) is 0.263. The minimum Gasteiger partial charge on any atom is -0.480 e. The molecule has 0 fully saturated rings. The number of carbonyl (C=O) groups is 5. The molecule has 1 aliphatic rings. The van der Waals surface area contributed by atoms with Crippen molar-refractivity contribution in [2.24, 2.45) is 0 Å². The lowest BCUT2D eigenvalue weighted by Gasteiger charge is -2.27. The molecule has 13 nitrogen and oxygen atoms in total. The Bertz CT molecular complexity index is 636. The lowest BCUT2D eigenvalue weighted by molar-refractivity contribution is -0.141. The third kappa shape index (κ3) is 13.0. The van der Waals surface area contributed by atoms with Crippen LogP contribution in [0, 0.1) is 0 Å². The molecule has 0 spiro atoms. The maximum absolute atomic E-state index is 12.1. The second-order valence-corrected chi connectivity index (χ2v) is 6.96. The number of nitrogens with zero attached hydrogens (tertiary/aromatic N) is 3. The summed E-state index contributed by atoms with van der Waals surface area (Å²) in [6, 6.07) is 0. The number of nitrogens with one attached hydrogen (secondary N) is 2. The van der Waals surface area contributed by atoms with Crippen LogP contribution in [-0.2, 0) is 24.0 Å². The van der Waals surface area contributed by atoms with E-state index in [0.717, 1.165) is 0 Å². The molecule has 1 heterocycles. The number of hydrogen-bond acceptors (Lipinski definition) is 8. The molecule has 2 amide bonds. The largest absolute Gasteiger partial charge is 0.480 e. The van der Waals surface area contributed by atoms with Gasteiger partial charge < -0.3 is 26.0 Å². The van der Waals surface area contributed by atoms with Crippen LogP contribution < -0.4 is 10.6 Å². The molecule has 0 saturated heterocycles. The fourth-order valence-corrected chi connectivity index (χ4v) is 2.87. The van der Waals surface area contributed by atoms with Crippen LogP contribution in [0.4, 0.5) is 0 Å². The van der Waals surface area contributed by atoms with Crippen LogP contribution in [0.25, 0.3) is 0 Å². The van der Waals surface area contributed by atoms with Crippen molar-refractivity contribution in [2.45, 2.75) is 0 Å². The Morgan fingerprint density at radius 1 is 0.677 bits per heavy atom. The standard InChI is InChI=1S/C18H29N5O8/c24-14-9-22(12-17(28)29)7-5-21(11-16(26)27)6-8-23(13-18(30)31)10-15(25)20-4-2-1-3-19-14/h1-2H,3-13H2,(H,19,24)(H,20,25)(H,26,27)(H,28,29)(H,30,31). The first-order valence-electron chi connectivity index (χ1n) is 9.66. The highest BCUT2D eigenvalue weighted by molar-refractivity contribution is 5.79. The van der Waals surface area contributed by atoms with Gasteiger partial charge in [-0.1, -0.05) is 12.2 Å². The van der Waals surface area contributed by atoms with Crippen LogP contribution in [0.2, 0.25) is 0 Å². The molecule has 5 N–H and O–H groups in total. The van der Waals surface area contributed by atoms with Crippen molar-refractivity contribution in [3.8, 4) is 0 Å². The zero-order valence-corrected chi connectivity index (χ0v) is 17.2. The molecule has 0 bridgehead atoms. The van der Waals surface area contributed by atoms with Crippen LogP contribution in [0.5, 0.6) is 0 Å². The lowest BCUT2D eigenvalue weighted by atomic mass is 10.3. The molecule has 13 heteroatoms. The van der Waals surface area contributed by atoms with E-state index >= 15 is 0 Å². The summed E-state index contributed by atoms with van der Waals surface area (Å²) in [6.45, 7) is -0.626. The second kappa shape index (κ2) is 14.1. The van der Waals surface area contributed by atoms with Gasteiger partial charge in [-0.15, -0.1) is 0 Å². The Kier molecular flexibility index (Phi) is 11.8. The highest BCUT2D eigenvalue weighted by atomic mass is 16.4. The highest BCUT2D eigenvalue weighted by Crippen LogP contribution is 1.97. The van der Waals surface area contributed by atoms with E-state index in [1.807, 2.05) is 0 Å². The average Bonchev–Trinajstić information content (AvgIpc) is 2.64. The molecule has 0 atom stereocenters. The zero-order chi connectivity index (χ0) is 23.2. The van der Waals surface area contributed by atoms with Gasteiger partial charge in [0.05, 0.1) is 32.7 Å². The van der Waals surface area contributed by atoms with E-state index in [-0.39, 0.29) is 58.9 Å². The van der Waals surface area contributed by atoms with Crippen molar-refractivity contribution in [1.82, 2.24) is 25.3 Å². The van der Waals surface area contributed by atoms with E-state index in [1.54, 1.807) is 12.2 Å². The van der Waals surface area contributed by atoms with E-state index in [1.165, 1.54) is 14.7 Å². The van der Waals surface area contributed by atoms with Gasteiger partial charge in [-0.3, -0.25) is 38.7 Å². The Balaban J connectivity index is 2.95. The van der Waals surface area contributed by atoms with Crippen molar-refractivity contribution in [1.29, 1.82) is 0 Å². The fourth-order valence-electron chi connectivity index (χ4n) is 2.87. The van der Waals surface area contributed by atoms with Crippen molar-refractivity contribution < 1.29 is 39.3 Å². The van der Waals surface area contributed by atoms with E-state index in [4.69, 9.17) is 15.3 Å². The Morgan fingerprint density at radius 2 is 1.00 bits per heavy atom. The number of aliphatic carboxylic acids is 3. The Morgan fingerprint density at radius 3 is 1.35 bits per heavy atom. The smallest absolute Gasteiger partial charge is 0.317 e. The summed E-state index contributed by atoms with van der Waals surface area (Å²) < 4.78 is 0. The monoisotopic (exact) mass is 443 g/mol. The highest BCUT2D eigenvalue weighted by Gasteiger charge is 2.19. The number of amides is 2. The Labute approximate surface area is 179 Å². The second-order valence-electron chi connectivity index (χ2n) is 6.96. The summed E-state index contributed by atoms with van der Waals surface area (Å²) in [5, 5.41) is 32.5. The molecule has 1 aliphatic heterocycles. The average molecular weight is 443 g/mol. The Hall–Kier alpha value is -3.03. The molecular weight excluding hydrogens is 414 g/mol. The molecule has 0 aliphatic carbocycles. The maximum atomic E-state index is 12.1. The molecule has 0 radical (unpaired) electrons. The fraction of sp³-hybridized carbons (Fsp3) is 0.611. The molecule has 0 aromatic heterocycles. The first kappa shape index (κ1) is 26.0. The van der Waals surface area contributed by atoms with Gasteiger partial charge in [-0.25, -0.2) is 0 Å². The molecule has 0 aromatic carbocycles. The first-order chi connectivity index (χ1) is 14.7. The molecule has 0 unspecified atom stereocenters. The van der Waals surface area contributed by atoms with E-state index in [9.17, 15) is 24.0 Å². The van der Waals surface area contributed by atoms with Crippen LogP contribution in [0.3, 0.4) is 0 Å². The van der Waals surface area contributed by atoms with E-state index < -0.39 is 42.8 Å². The number of carbonyl (C=O) groups excluding carboxylic acids is 2. The van der Waals surface area contributed by atoms with Crippen molar-refractivity contribution in [3.63, 3.8) is 0 Å². The summed E-state index contributed by atoms with van der Waals surface area (Å²) in [5.41, 5.74) is 0. The topological polar surface area (TPSA) is 180 Å². The SMILES string of the molecule is O=C(O)CN1CCN(CC(=O)O)CC(=O)NCC=CCNC(=O)CN(CC(=O)O)CC1. The lowest BCUT2D eigenvalue weighted by Crippen LogP contribution is -2.47. The van der Waals surface area contributed by atoms with Crippen molar-refractivity contribution in [2.75, 3.05) is 72.0 Å². The van der Waals surface area contributed by atoms with Crippen LogP contribution in [0.15, 0.2) is 12.2 Å². The van der Waals surface area contributed by atoms with Gasteiger partial charge >= 0.3 is 17.9 Å². The van der Waals surface area contributed by atoms with Crippen LogP contribution in [-0.4, -0.2) is 132 Å². The summed E-state index contributed by atoms with van der Waals surface area (Å²) in [5.74, 6) is -4.14. The molecule has 31 heavy (non-hydrogen) atoms. The van der Waals surface area contributed by atoms with Crippen molar-refractivity contribution >= 4 is 29.7 Å². The summed E-state index contributed by atoms with van der Waals surface area (Å²) in [7, 11) is 0. The number of carboxylic acid groups (broad SMARTS) is 3. The van der Waals surface area contributed by atoms with Gasteiger partial charge in [-0.2, -0.15) is 0 Å².